The van der Waals surface area contributed by atoms with E-state index in [1.165, 1.54) is 12.6 Å². The molecule has 1 unspecified atom stereocenters. The third kappa shape index (κ3) is 2.11. The minimum absolute atomic E-state index is 0.155. The Hall–Kier alpha value is -1.36. The molecule has 1 N–H and O–H groups in total. The highest BCUT2D eigenvalue weighted by atomic mass is 16.5. The molecule has 76 valence electrons. The number of rotatable bonds is 3. The van der Waals surface area contributed by atoms with Gasteiger partial charge in [0.15, 0.2) is 6.39 Å². The van der Waals surface area contributed by atoms with Gasteiger partial charge < -0.3 is 14.5 Å². The molecular formula is C9H12N2O3. The van der Waals surface area contributed by atoms with Crippen LogP contribution >= 0.6 is 0 Å². The third-order valence-electron chi connectivity index (χ3n) is 2.17. The molecule has 1 aromatic heterocycles. The van der Waals surface area contributed by atoms with Gasteiger partial charge in [0.2, 0.25) is 5.76 Å². The number of hydrogen-bond acceptors (Lipinski definition) is 4. The second-order valence-corrected chi connectivity index (χ2v) is 3.21. The zero-order valence-electron chi connectivity index (χ0n) is 7.73. The lowest BCUT2D eigenvalue weighted by molar-refractivity contribution is 0.0835. The van der Waals surface area contributed by atoms with Crippen molar-refractivity contribution in [2.24, 2.45) is 0 Å². The van der Waals surface area contributed by atoms with Gasteiger partial charge in [0.05, 0.1) is 12.3 Å². The molecule has 2 heterocycles. The predicted octanol–water partition coefficient (Wildman–Crippen LogP) is 0.583. The lowest BCUT2D eigenvalue weighted by Crippen LogP contribution is -2.31. The van der Waals surface area contributed by atoms with Crippen molar-refractivity contribution in [2.75, 3.05) is 13.2 Å². The maximum Gasteiger partial charge on any atom is 0.288 e. The monoisotopic (exact) mass is 196 g/mol. The van der Waals surface area contributed by atoms with Crippen LogP contribution in [0.1, 0.15) is 23.4 Å². The lowest BCUT2D eigenvalue weighted by Gasteiger charge is -2.08. The van der Waals surface area contributed by atoms with Crippen molar-refractivity contribution in [3.8, 4) is 0 Å². The van der Waals surface area contributed by atoms with Crippen molar-refractivity contribution in [1.82, 2.24) is 10.3 Å². The second kappa shape index (κ2) is 4.23. The molecule has 1 amide bonds. The van der Waals surface area contributed by atoms with Crippen LogP contribution in [0.3, 0.4) is 0 Å². The SMILES string of the molecule is O=C(NCC1CCCO1)c1cnco1. The Labute approximate surface area is 81.5 Å². The molecule has 14 heavy (non-hydrogen) atoms. The first-order valence-corrected chi connectivity index (χ1v) is 4.64. The van der Waals surface area contributed by atoms with E-state index in [1.807, 2.05) is 0 Å². The van der Waals surface area contributed by atoms with E-state index < -0.39 is 0 Å². The van der Waals surface area contributed by atoms with Gasteiger partial charge in [-0.1, -0.05) is 0 Å². The standard InChI is InChI=1S/C9H12N2O3/c12-9(8-5-10-6-14-8)11-4-7-2-1-3-13-7/h5-7H,1-4H2,(H,11,12). The number of amides is 1. The first kappa shape index (κ1) is 9.21. The maximum absolute atomic E-state index is 11.4. The van der Waals surface area contributed by atoms with Gasteiger partial charge in [-0.2, -0.15) is 0 Å². The summed E-state index contributed by atoms with van der Waals surface area (Å²) in [6.07, 6.45) is 4.87. The molecule has 2 rings (SSSR count). The molecule has 1 atom stereocenters. The van der Waals surface area contributed by atoms with Crippen molar-refractivity contribution in [2.45, 2.75) is 18.9 Å². The fourth-order valence-corrected chi connectivity index (χ4v) is 1.43. The van der Waals surface area contributed by atoms with Crippen LogP contribution in [0.5, 0.6) is 0 Å². The Bertz CT molecular complexity index is 291. The van der Waals surface area contributed by atoms with Gasteiger partial charge in [-0.15, -0.1) is 0 Å². The topological polar surface area (TPSA) is 64.4 Å². The van der Waals surface area contributed by atoms with E-state index in [0.29, 0.717) is 6.54 Å². The Morgan fingerprint density at radius 1 is 1.71 bits per heavy atom. The molecule has 1 aliphatic rings. The zero-order chi connectivity index (χ0) is 9.80. The van der Waals surface area contributed by atoms with Crippen molar-refractivity contribution < 1.29 is 13.9 Å². The first-order valence-electron chi connectivity index (χ1n) is 4.64. The van der Waals surface area contributed by atoms with E-state index in [0.717, 1.165) is 19.4 Å². The molecule has 1 saturated heterocycles. The number of carbonyl (C=O) groups is 1. The van der Waals surface area contributed by atoms with Crippen LogP contribution in [0, 0.1) is 0 Å². The van der Waals surface area contributed by atoms with E-state index >= 15 is 0 Å². The van der Waals surface area contributed by atoms with Crippen LogP contribution in [0.2, 0.25) is 0 Å². The summed E-state index contributed by atoms with van der Waals surface area (Å²) in [5.74, 6) is 0.000923. The fourth-order valence-electron chi connectivity index (χ4n) is 1.43. The van der Waals surface area contributed by atoms with E-state index in [9.17, 15) is 4.79 Å². The van der Waals surface area contributed by atoms with E-state index in [2.05, 4.69) is 10.3 Å². The van der Waals surface area contributed by atoms with Crippen LogP contribution in [0.4, 0.5) is 0 Å². The molecule has 5 nitrogen and oxygen atoms in total. The van der Waals surface area contributed by atoms with Crippen LogP contribution in [-0.4, -0.2) is 30.1 Å². The molecule has 1 fully saturated rings. The molecule has 0 radical (unpaired) electrons. The van der Waals surface area contributed by atoms with Gasteiger partial charge in [0.1, 0.15) is 0 Å². The van der Waals surface area contributed by atoms with Crippen LogP contribution in [0.25, 0.3) is 0 Å². The summed E-state index contributed by atoms with van der Waals surface area (Å²) in [7, 11) is 0. The molecule has 1 aliphatic heterocycles. The summed E-state index contributed by atoms with van der Waals surface area (Å²) in [4.78, 5) is 15.0. The Balaban J connectivity index is 1.78. The zero-order valence-corrected chi connectivity index (χ0v) is 7.73. The van der Waals surface area contributed by atoms with Crippen molar-refractivity contribution >= 4 is 5.91 Å². The van der Waals surface area contributed by atoms with E-state index in [1.54, 1.807) is 0 Å². The van der Waals surface area contributed by atoms with Gasteiger partial charge in [0, 0.05) is 13.2 Å². The van der Waals surface area contributed by atoms with Crippen LogP contribution in [-0.2, 0) is 4.74 Å². The molecule has 0 aromatic carbocycles. The molecule has 0 saturated carbocycles. The molecule has 1 aromatic rings. The number of hydrogen-bond donors (Lipinski definition) is 1. The summed E-state index contributed by atoms with van der Waals surface area (Å²) in [5.41, 5.74) is 0. The van der Waals surface area contributed by atoms with E-state index in [-0.39, 0.29) is 17.8 Å². The molecule has 0 bridgehead atoms. The average Bonchev–Trinajstić information content (AvgIpc) is 2.87. The minimum atomic E-state index is -0.238. The largest absolute Gasteiger partial charge is 0.438 e. The van der Waals surface area contributed by atoms with Crippen LogP contribution in [0.15, 0.2) is 17.0 Å². The Morgan fingerprint density at radius 2 is 2.64 bits per heavy atom. The minimum Gasteiger partial charge on any atom is -0.438 e. The number of ether oxygens (including phenoxy) is 1. The Morgan fingerprint density at radius 3 is 3.29 bits per heavy atom. The van der Waals surface area contributed by atoms with Gasteiger partial charge in [-0.05, 0) is 12.8 Å². The fraction of sp³-hybridized carbons (Fsp3) is 0.556. The summed E-state index contributed by atoms with van der Waals surface area (Å²) in [6.45, 7) is 1.34. The van der Waals surface area contributed by atoms with Gasteiger partial charge in [0.25, 0.3) is 5.91 Å². The average molecular weight is 196 g/mol. The van der Waals surface area contributed by atoms with Crippen LogP contribution < -0.4 is 5.32 Å². The van der Waals surface area contributed by atoms with Gasteiger partial charge in [-0.25, -0.2) is 4.98 Å². The number of nitrogens with one attached hydrogen (secondary N) is 1. The van der Waals surface area contributed by atoms with Crippen molar-refractivity contribution in [3.63, 3.8) is 0 Å². The smallest absolute Gasteiger partial charge is 0.288 e. The normalized spacial score (nSPS) is 21.0. The van der Waals surface area contributed by atoms with Crippen molar-refractivity contribution in [1.29, 1.82) is 0 Å². The molecule has 5 heteroatoms. The predicted molar refractivity (Wildman–Crippen MR) is 47.8 cm³/mol. The summed E-state index contributed by atoms with van der Waals surface area (Å²) < 4.78 is 10.2. The molecule has 0 aliphatic carbocycles. The Kier molecular flexibility index (Phi) is 2.78. The summed E-state index contributed by atoms with van der Waals surface area (Å²) in [6, 6.07) is 0. The molecule has 0 spiro atoms. The highest BCUT2D eigenvalue weighted by Gasteiger charge is 2.17. The third-order valence-corrected chi connectivity index (χ3v) is 2.17. The van der Waals surface area contributed by atoms with Crippen molar-refractivity contribution in [3.05, 3.63) is 18.4 Å². The summed E-state index contributed by atoms with van der Waals surface area (Å²) in [5, 5.41) is 2.73. The second-order valence-electron chi connectivity index (χ2n) is 3.21. The lowest BCUT2D eigenvalue weighted by atomic mass is 10.2. The first-order chi connectivity index (χ1) is 6.86. The molecular weight excluding hydrogens is 184 g/mol. The number of oxazole rings is 1. The summed E-state index contributed by atoms with van der Waals surface area (Å²) >= 11 is 0. The highest BCUT2D eigenvalue weighted by molar-refractivity contribution is 5.90. The number of nitrogens with zero attached hydrogens (tertiary/aromatic N) is 1. The highest BCUT2D eigenvalue weighted by Crippen LogP contribution is 2.10. The van der Waals surface area contributed by atoms with E-state index in [4.69, 9.17) is 9.15 Å². The maximum atomic E-state index is 11.4. The number of carbonyl (C=O) groups excluding carboxylic acids is 1. The van der Waals surface area contributed by atoms with Gasteiger partial charge in [-0.3, -0.25) is 4.79 Å². The quantitative estimate of drug-likeness (QED) is 0.768. The number of aromatic nitrogens is 1. The van der Waals surface area contributed by atoms with Gasteiger partial charge >= 0.3 is 0 Å².